The van der Waals surface area contributed by atoms with Crippen molar-refractivity contribution in [2.75, 3.05) is 13.2 Å². The molecule has 39 heavy (non-hydrogen) atoms. The molecular formula is C36H70O3. The third-order valence-corrected chi connectivity index (χ3v) is 7.96. The van der Waals surface area contributed by atoms with Crippen molar-refractivity contribution in [2.45, 2.75) is 200 Å². The Bertz CT molecular complexity index is 488. The number of unbranched alkanes of at least 4 members (excludes halogenated alkanes) is 26. The standard InChI is InChI=1S/C36H70O3/c1-2-3-4-5-6-7-8-9-10-11-12-15-18-21-24-27-30-33-36(38)39-35-32-29-26-23-20-17-14-13-16-19-22-25-28-31-34-37/h9-10,37H,2-8,11-35H2,1H3. The molecule has 0 aromatic heterocycles. The minimum atomic E-state index is 0.0103. The van der Waals surface area contributed by atoms with Gasteiger partial charge in [-0.3, -0.25) is 4.79 Å². The molecule has 0 aliphatic carbocycles. The summed E-state index contributed by atoms with van der Waals surface area (Å²) in [5.41, 5.74) is 0. The summed E-state index contributed by atoms with van der Waals surface area (Å²) in [5.74, 6) is 0.0103. The van der Waals surface area contributed by atoms with Gasteiger partial charge in [0.15, 0.2) is 0 Å². The fraction of sp³-hybridized carbons (Fsp3) is 0.917. The number of aliphatic hydroxyl groups is 1. The van der Waals surface area contributed by atoms with Crippen molar-refractivity contribution in [1.82, 2.24) is 0 Å². The molecule has 3 heteroatoms. The molecule has 0 aliphatic heterocycles. The Morgan fingerprint density at radius 3 is 1.28 bits per heavy atom. The van der Waals surface area contributed by atoms with E-state index in [0.717, 1.165) is 25.7 Å². The number of rotatable bonds is 33. The van der Waals surface area contributed by atoms with Crippen LogP contribution in [0.5, 0.6) is 0 Å². The van der Waals surface area contributed by atoms with E-state index in [1.807, 2.05) is 0 Å². The molecule has 0 unspecified atom stereocenters. The summed E-state index contributed by atoms with van der Waals surface area (Å²) in [7, 11) is 0. The molecule has 0 heterocycles. The molecular weight excluding hydrogens is 480 g/mol. The van der Waals surface area contributed by atoms with E-state index in [2.05, 4.69) is 19.1 Å². The van der Waals surface area contributed by atoms with Crippen LogP contribution in [0.4, 0.5) is 0 Å². The second-order valence-corrected chi connectivity index (χ2v) is 11.9. The van der Waals surface area contributed by atoms with E-state index in [1.165, 1.54) is 161 Å². The molecule has 0 atom stereocenters. The summed E-state index contributed by atoms with van der Waals surface area (Å²) < 4.78 is 5.43. The third kappa shape index (κ3) is 35.1. The molecule has 0 spiro atoms. The van der Waals surface area contributed by atoms with Crippen molar-refractivity contribution in [3.05, 3.63) is 12.2 Å². The predicted molar refractivity (Wildman–Crippen MR) is 171 cm³/mol. The summed E-state index contributed by atoms with van der Waals surface area (Å²) in [4.78, 5) is 11.9. The topological polar surface area (TPSA) is 46.5 Å². The zero-order valence-corrected chi connectivity index (χ0v) is 26.5. The quantitative estimate of drug-likeness (QED) is 0.0502. The molecule has 0 aromatic rings. The molecule has 0 aliphatic rings. The average molecular weight is 551 g/mol. The van der Waals surface area contributed by atoms with Crippen molar-refractivity contribution in [3.63, 3.8) is 0 Å². The van der Waals surface area contributed by atoms with Crippen molar-refractivity contribution in [1.29, 1.82) is 0 Å². The lowest BCUT2D eigenvalue weighted by Crippen LogP contribution is -2.05. The number of carbonyl (C=O) groups excluding carboxylic acids is 1. The fourth-order valence-electron chi connectivity index (χ4n) is 5.29. The number of aliphatic hydroxyl groups excluding tert-OH is 1. The zero-order chi connectivity index (χ0) is 28.3. The summed E-state index contributed by atoms with van der Waals surface area (Å²) >= 11 is 0. The van der Waals surface area contributed by atoms with Gasteiger partial charge in [0.2, 0.25) is 0 Å². The zero-order valence-electron chi connectivity index (χ0n) is 26.5. The van der Waals surface area contributed by atoms with Gasteiger partial charge in [0.05, 0.1) is 6.61 Å². The number of carbonyl (C=O) groups is 1. The Morgan fingerprint density at radius 1 is 0.487 bits per heavy atom. The highest BCUT2D eigenvalue weighted by molar-refractivity contribution is 5.69. The smallest absolute Gasteiger partial charge is 0.305 e. The lowest BCUT2D eigenvalue weighted by molar-refractivity contribution is -0.143. The van der Waals surface area contributed by atoms with Crippen LogP contribution < -0.4 is 0 Å². The normalized spacial score (nSPS) is 11.5. The Balaban J connectivity index is 3.18. The largest absolute Gasteiger partial charge is 0.466 e. The minimum absolute atomic E-state index is 0.0103. The molecule has 0 aromatic carbocycles. The molecule has 232 valence electrons. The predicted octanol–water partition coefficient (Wildman–Crippen LogP) is 11.8. The van der Waals surface area contributed by atoms with Crippen LogP contribution in [0.1, 0.15) is 200 Å². The molecule has 0 radical (unpaired) electrons. The SMILES string of the molecule is CCCCCCCCC=CCCCCCCCCCC(=O)OCCCCCCCCCCCCCCCCO. The number of hydrogen-bond donors (Lipinski definition) is 1. The lowest BCUT2D eigenvalue weighted by atomic mass is 10.0. The number of esters is 1. The molecule has 0 rings (SSSR count). The van der Waals surface area contributed by atoms with E-state index < -0.39 is 0 Å². The van der Waals surface area contributed by atoms with E-state index in [-0.39, 0.29) is 5.97 Å². The first-order valence-corrected chi connectivity index (χ1v) is 17.7. The Hall–Kier alpha value is -0.830. The summed E-state index contributed by atoms with van der Waals surface area (Å²) in [6.07, 6.45) is 42.8. The molecule has 1 N–H and O–H groups in total. The van der Waals surface area contributed by atoms with Crippen LogP contribution in [0, 0.1) is 0 Å². The van der Waals surface area contributed by atoms with Gasteiger partial charge in [0.25, 0.3) is 0 Å². The van der Waals surface area contributed by atoms with Crippen molar-refractivity contribution in [3.8, 4) is 0 Å². The Kier molecular flexibility index (Phi) is 34.4. The number of hydrogen-bond acceptors (Lipinski definition) is 3. The van der Waals surface area contributed by atoms with Crippen molar-refractivity contribution in [2.24, 2.45) is 0 Å². The van der Waals surface area contributed by atoms with E-state index in [4.69, 9.17) is 9.84 Å². The summed E-state index contributed by atoms with van der Waals surface area (Å²) in [6.45, 7) is 3.25. The molecule has 0 saturated heterocycles. The maximum atomic E-state index is 11.9. The van der Waals surface area contributed by atoms with Gasteiger partial charge in [-0.15, -0.1) is 0 Å². The van der Waals surface area contributed by atoms with Gasteiger partial charge >= 0.3 is 5.97 Å². The van der Waals surface area contributed by atoms with Gasteiger partial charge in [0.1, 0.15) is 0 Å². The van der Waals surface area contributed by atoms with Gasteiger partial charge in [-0.25, -0.2) is 0 Å². The first-order chi connectivity index (χ1) is 19.3. The Morgan fingerprint density at radius 2 is 0.846 bits per heavy atom. The first kappa shape index (κ1) is 38.2. The highest BCUT2D eigenvalue weighted by Gasteiger charge is 2.02. The second kappa shape index (κ2) is 35.2. The van der Waals surface area contributed by atoms with E-state index in [9.17, 15) is 4.79 Å². The maximum Gasteiger partial charge on any atom is 0.305 e. The van der Waals surface area contributed by atoms with Crippen LogP contribution in [0.15, 0.2) is 12.2 Å². The van der Waals surface area contributed by atoms with Crippen molar-refractivity contribution >= 4 is 5.97 Å². The van der Waals surface area contributed by atoms with E-state index >= 15 is 0 Å². The van der Waals surface area contributed by atoms with Gasteiger partial charge in [0, 0.05) is 13.0 Å². The van der Waals surface area contributed by atoms with Gasteiger partial charge in [-0.05, 0) is 44.9 Å². The van der Waals surface area contributed by atoms with Gasteiger partial charge < -0.3 is 9.84 Å². The molecule has 0 saturated carbocycles. The second-order valence-electron chi connectivity index (χ2n) is 11.9. The van der Waals surface area contributed by atoms with Crippen LogP contribution in [0.2, 0.25) is 0 Å². The number of allylic oxidation sites excluding steroid dienone is 2. The Labute approximate surface area is 245 Å². The van der Waals surface area contributed by atoms with Crippen LogP contribution in [0.25, 0.3) is 0 Å². The van der Waals surface area contributed by atoms with Crippen molar-refractivity contribution < 1.29 is 14.6 Å². The first-order valence-electron chi connectivity index (χ1n) is 17.7. The fourth-order valence-corrected chi connectivity index (χ4v) is 5.29. The van der Waals surface area contributed by atoms with Crippen LogP contribution >= 0.6 is 0 Å². The minimum Gasteiger partial charge on any atom is -0.466 e. The average Bonchev–Trinajstić information content (AvgIpc) is 2.94. The molecule has 0 bridgehead atoms. The lowest BCUT2D eigenvalue weighted by Gasteiger charge is -2.06. The molecule has 0 amide bonds. The number of ether oxygens (including phenoxy) is 1. The summed E-state index contributed by atoms with van der Waals surface area (Å²) in [5, 5.41) is 8.77. The highest BCUT2D eigenvalue weighted by Crippen LogP contribution is 2.14. The third-order valence-electron chi connectivity index (χ3n) is 7.96. The van der Waals surface area contributed by atoms with Crippen LogP contribution in [-0.4, -0.2) is 24.3 Å². The van der Waals surface area contributed by atoms with Gasteiger partial charge in [-0.2, -0.15) is 0 Å². The molecule has 3 nitrogen and oxygen atoms in total. The monoisotopic (exact) mass is 551 g/mol. The van der Waals surface area contributed by atoms with Crippen LogP contribution in [0.3, 0.4) is 0 Å². The van der Waals surface area contributed by atoms with E-state index in [1.54, 1.807) is 0 Å². The maximum absolute atomic E-state index is 11.9. The summed E-state index contributed by atoms with van der Waals surface area (Å²) in [6, 6.07) is 0. The molecule has 0 fully saturated rings. The van der Waals surface area contributed by atoms with Crippen LogP contribution in [-0.2, 0) is 9.53 Å². The van der Waals surface area contributed by atoms with Gasteiger partial charge in [-0.1, -0.05) is 160 Å². The van der Waals surface area contributed by atoms with E-state index in [0.29, 0.717) is 19.6 Å². The highest BCUT2D eigenvalue weighted by atomic mass is 16.5.